The first kappa shape index (κ1) is 24.0. The highest BCUT2D eigenvalue weighted by atomic mass is 16.5. The number of nitrogens with zero attached hydrogens (tertiary/aromatic N) is 5. The molecule has 0 saturated heterocycles. The fraction of sp³-hybridized carbons (Fsp3) is 0.407. The van der Waals surface area contributed by atoms with Gasteiger partial charge in [-0.05, 0) is 55.2 Å². The number of amidine groups is 1. The molecule has 0 amide bonds. The Hall–Kier alpha value is -3.72. The van der Waals surface area contributed by atoms with Gasteiger partial charge in [-0.1, -0.05) is 35.5 Å². The van der Waals surface area contributed by atoms with Gasteiger partial charge in [-0.15, -0.1) is 0 Å². The van der Waals surface area contributed by atoms with Crippen LogP contribution < -0.4 is 5.32 Å². The van der Waals surface area contributed by atoms with Crippen molar-refractivity contribution in [2.75, 3.05) is 25.6 Å². The molecule has 1 unspecified atom stereocenters. The molecule has 9 nitrogen and oxygen atoms in total. The first-order valence-electron chi connectivity index (χ1n) is 12.4. The average molecular weight is 486 g/mol. The van der Waals surface area contributed by atoms with E-state index in [0.29, 0.717) is 48.1 Å². The lowest BCUT2D eigenvalue weighted by molar-refractivity contribution is 0.210. The van der Waals surface area contributed by atoms with Gasteiger partial charge in [0, 0.05) is 26.3 Å². The molecule has 1 atom stereocenters. The summed E-state index contributed by atoms with van der Waals surface area (Å²) in [7, 11) is 1.66. The normalized spacial score (nSPS) is 19.2. The molecule has 1 aliphatic heterocycles. The Labute approximate surface area is 210 Å². The second-order valence-electron chi connectivity index (χ2n) is 9.44. The molecule has 0 spiro atoms. The highest BCUT2D eigenvalue weighted by molar-refractivity contribution is 6.13. The summed E-state index contributed by atoms with van der Waals surface area (Å²) in [5.41, 5.74) is 3.49. The van der Waals surface area contributed by atoms with Gasteiger partial charge < -0.3 is 14.6 Å². The highest BCUT2D eigenvalue weighted by Gasteiger charge is 2.47. The zero-order valence-corrected chi connectivity index (χ0v) is 20.7. The fourth-order valence-electron chi connectivity index (χ4n) is 4.55. The largest absolute Gasteiger partial charge is 0.383 e. The smallest absolute Gasteiger partial charge is 0.278 e. The monoisotopic (exact) mass is 485 g/mol. The standard InChI is InChI=1S/C27H31N7O2/c1-27(21-11-12-21,20-9-7-18(8-10-20)19-5-3-4-6-23(28)31-15-19)26-33-25(36-34-26)22-16-32-24(17-30-22)29-13-14-35-2/h5,7-10,15-17,21,28H,3-4,6,11-14H2,1-2H3,(H,29,32)/b19-5+,28-23?,31-15?. The Morgan fingerprint density at radius 2 is 2.00 bits per heavy atom. The Balaban J connectivity index is 1.37. The van der Waals surface area contributed by atoms with Gasteiger partial charge in [-0.3, -0.25) is 5.41 Å². The first-order valence-corrected chi connectivity index (χ1v) is 12.4. The third-order valence-electron chi connectivity index (χ3n) is 6.93. The number of aromatic nitrogens is 4. The minimum atomic E-state index is -0.360. The molecule has 1 aliphatic carbocycles. The van der Waals surface area contributed by atoms with Crippen LogP contribution in [0.15, 0.2) is 52.3 Å². The summed E-state index contributed by atoms with van der Waals surface area (Å²) in [5, 5.41) is 15.4. The average Bonchev–Trinajstić information content (AvgIpc) is 3.64. The minimum absolute atomic E-state index is 0.360. The summed E-state index contributed by atoms with van der Waals surface area (Å²) >= 11 is 0. The van der Waals surface area contributed by atoms with Crippen LogP contribution in [0.2, 0.25) is 0 Å². The second-order valence-corrected chi connectivity index (χ2v) is 9.44. The molecule has 1 saturated carbocycles. The van der Waals surface area contributed by atoms with E-state index in [1.54, 1.807) is 19.5 Å². The Kier molecular flexibility index (Phi) is 6.99. The van der Waals surface area contributed by atoms with Crippen LogP contribution >= 0.6 is 0 Å². The summed E-state index contributed by atoms with van der Waals surface area (Å²) in [6.07, 6.45) is 12.2. The van der Waals surface area contributed by atoms with Gasteiger partial charge >= 0.3 is 0 Å². The maximum atomic E-state index is 7.89. The van der Waals surface area contributed by atoms with E-state index in [0.717, 1.165) is 48.8 Å². The Morgan fingerprint density at radius 1 is 1.17 bits per heavy atom. The van der Waals surface area contributed by atoms with Crippen molar-refractivity contribution in [3.8, 4) is 11.6 Å². The Bertz CT molecular complexity index is 1260. The van der Waals surface area contributed by atoms with Crippen molar-refractivity contribution in [2.24, 2.45) is 10.9 Å². The van der Waals surface area contributed by atoms with Crippen molar-refractivity contribution < 1.29 is 9.26 Å². The molecule has 5 rings (SSSR count). The molecule has 3 aromatic rings. The lowest BCUT2D eigenvalue weighted by Gasteiger charge is -2.27. The van der Waals surface area contributed by atoms with Crippen molar-refractivity contribution in [3.63, 3.8) is 0 Å². The van der Waals surface area contributed by atoms with Crippen LogP contribution in [-0.2, 0) is 10.2 Å². The van der Waals surface area contributed by atoms with Gasteiger partial charge in [-0.2, -0.15) is 4.98 Å². The predicted octanol–water partition coefficient (Wildman–Crippen LogP) is 4.92. The molecule has 3 heterocycles. The molecule has 2 aliphatic rings. The number of ether oxygens (including phenoxy) is 1. The summed E-state index contributed by atoms with van der Waals surface area (Å²) in [6.45, 7) is 3.44. The van der Waals surface area contributed by atoms with Gasteiger partial charge in [0.25, 0.3) is 5.89 Å². The van der Waals surface area contributed by atoms with E-state index in [2.05, 4.69) is 62.7 Å². The molecule has 2 aromatic heterocycles. The van der Waals surface area contributed by atoms with Crippen molar-refractivity contribution in [1.82, 2.24) is 20.1 Å². The lowest BCUT2D eigenvalue weighted by atomic mass is 9.76. The van der Waals surface area contributed by atoms with Crippen LogP contribution in [0, 0.1) is 11.3 Å². The van der Waals surface area contributed by atoms with E-state index < -0.39 is 0 Å². The molecule has 36 heavy (non-hydrogen) atoms. The van der Waals surface area contributed by atoms with E-state index in [4.69, 9.17) is 19.7 Å². The summed E-state index contributed by atoms with van der Waals surface area (Å²) in [4.78, 5) is 17.9. The number of hydrogen-bond donors (Lipinski definition) is 2. The van der Waals surface area contributed by atoms with Gasteiger partial charge in [0.05, 0.1) is 24.4 Å². The van der Waals surface area contributed by atoms with Crippen molar-refractivity contribution in [2.45, 2.75) is 44.4 Å². The molecular weight excluding hydrogens is 454 g/mol. The van der Waals surface area contributed by atoms with Crippen LogP contribution in [0.4, 0.5) is 5.82 Å². The number of allylic oxidation sites excluding steroid dienone is 2. The SMILES string of the molecule is COCCNc1cnc(-c2nc(C(C)(c3ccc(/C4=C/CCCC(=N)N=C4)cc3)C3CC3)no2)cn1. The van der Waals surface area contributed by atoms with Crippen molar-refractivity contribution in [3.05, 3.63) is 59.7 Å². The number of nitrogens with one attached hydrogen (secondary N) is 2. The van der Waals surface area contributed by atoms with Gasteiger partial charge in [0.1, 0.15) is 17.3 Å². The van der Waals surface area contributed by atoms with Gasteiger partial charge in [-0.25, -0.2) is 15.0 Å². The highest BCUT2D eigenvalue weighted by Crippen LogP contribution is 2.50. The van der Waals surface area contributed by atoms with E-state index >= 15 is 0 Å². The molecular formula is C27H31N7O2. The third kappa shape index (κ3) is 5.11. The predicted molar refractivity (Wildman–Crippen MR) is 139 cm³/mol. The zero-order chi connectivity index (χ0) is 25.0. The maximum Gasteiger partial charge on any atom is 0.278 e. The van der Waals surface area contributed by atoms with E-state index in [9.17, 15) is 0 Å². The van der Waals surface area contributed by atoms with Crippen molar-refractivity contribution in [1.29, 1.82) is 5.41 Å². The van der Waals surface area contributed by atoms with E-state index in [1.807, 2.05) is 6.21 Å². The van der Waals surface area contributed by atoms with Crippen LogP contribution in [0.25, 0.3) is 17.2 Å². The molecule has 0 bridgehead atoms. The molecule has 0 radical (unpaired) electrons. The van der Waals surface area contributed by atoms with Crippen LogP contribution in [0.5, 0.6) is 0 Å². The number of hydrogen-bond acceptors (Lipinski definition) is 8. The number of benzene rings is 1. The van der Waals surface area contributed by atoms with Crippen molar-refractivity contribution >= 4 is 23.4 Å². The number of anilines is 1. The molecule has 186 valence electrons. The number of aliphatic imine (C=N–C) groups is 1. The molecule has 9 heteroatoms. The minimum Gasteiger partial charge on any atom is -0.383 e. The quantitative estimate of drug-likeness (QED) is 0.413. The molecule has 1 fully saturated rings. The molecule has 1 aromatic carbocycles. The van der Waals surface area contributed by atoms with Gasteiger partial charge in [0.15, 0.2) is 5.82 Å². The number of methoxy groups -OCH3 is 1. The summed E-state index contributed by atoms with van der Waals surface area (Å²) < 4.78 is 10.7. The van der Waals surface area contributed by atoms with Crippen LogP contribution in [0.3, 0.4) is 0 Å². The fourth-order valence-corrected chi connectivity index (χ4v) is 4.55. The summed E-state index contributed by atoms with van der Waals surface area (Å²) in [6, 6.07) is 8.56. The Morgan fingerprint density at radius 3 is 2.72 bits per heavy atom. The first-order chi connectivity index (χ1) is 17.6. The van der Waals surface area contributed by atoms with Gasteiger partial charge in [0.2, 0.25) is 0 Å². The maximum absolute atomic E-state index is 7.89. The third-order valence-corrected chi connectivity index (χ3v) is 6.93. The topological polar surface area (TPSA) is 122 Å². The van der Waals surface area contributed by atoms with Crippen LogP contribution in [0.1, 0.15) is 56.0 Å². The number of rotatable bonds is 9. The molecule has 2 N–H and O–H groups in total. The second kappa shape index (κ2) is 10.5. The summed E-state index contributed by atoms with van der Waals surface area (Å²) in [5.74, 6) is 2.59. The van der Waals surface area contributed by atoms with E-state index in [-0.39, 0.29) is 5.41 Å². The van der Waals surface area contributed by atoms with E-state index in [1.165, 1.54) is 0 Å². The lowest BCUT2D eigenvalue weighted by Crippen LogP contribution is -2.28. The van der Waals surface area contributed by atoms with Crippen LogP contribution in [-0.4, -0.2) is 52.4 Å². The zero-order valence-electron chi connectivity index (χ0n) is 20.7.